The minimum atomic E-state index is 0.163. The van der Waals surface area contributed by atoms with E-state index in [1.807, 2.05) is 36.1 Å². The summed E-state index contributed by atoms with van der Waals surface area (Å²) in [6.45, 7) is 5.54. The molecule has 0 fully saturated rings. The normalized spacial score (nSPS) is 10.3. The van der Waals surface area contributed by atoms with Crippen molar-refractivity contribution in [2.45, 2.75) is 26.7 Å². The third-order valence-electron chi connectivity index (χ3n) is 2.68. The van der Waals surface area contributed by atoms with Crippen molar-refractivity contribution in [1.82, 2.24) is 4.90 Å². The van der Waals surface area contributed by atoms with Crippen molar-refractivity contribution >= 4 is 17.5 Å². The van der Waals surface area contributed by atoms with Gasteiger partial charge in [-0.05, 0) is 18.9 Å². The number of benzene rings is 1. The van der Waals surface area contributed by atoms with Crippen LogP contribution in [0.15, 0.2) is 24.3 Å². The maximum atomic E-state index is 12.0. The predicted octanol–water partition coefficient (Wildman–Crippen LogP) is 3.01. The summed E-state index contributed by atoms with van der Waals surface area (Å²) in [5.74, 6) is 0.663. The molecule has 0 saturated carbocycles. The molecule has 17 heavy (non-hydrogen) atoms. The van der Waals surface area contributed by atoms with Crippen molar-refractivity contribution < 1.29 is 4.79 Å². The first-order valence-electron chi connectivity index (χ1n) is 6.06. The highest BCUT2D eigenvalue weighted by atomic mass is 35.5. The number of nitrogens with zero attached hydrogens (tertiary/aromatic N) is 1. The second kappa shape index (κ2) is 7.33. The summed E-state index contributed by atoms with van der Waals surface area (Å²) >= 11 is 5.71. The SMILES string of the molecule is CCCN(CCCl)C(=O)Cc1ccc(C)cc1. The Balaban J connectivity index is 2.59. The third-order valence-corrected chi connectivity index (χ3v) is 2.85. The maximum absolute atomic E-state index is 12.0. The predicted molar refractivity (Wildman–Crippen MR) is 72.5 cm³/mol. The lowest BCUT2D eigenvalue weighted by Crippen LogP contribution is -2.34. The zero-order chi connectivity index (χ0) is 12.7. The topological polar surface area (TPSA) is 20.3 Å². The van der Waals surface area contributed by atoms with Gasteiger partial charge in [0.05, 0.1) is 6.42 Å². The van der Waals surface area contributed by atoms with E-state index in [1.54, 1.807) is 0 Å². The Hall–Kier alpha value is -1.02. The van der Waals surface area contributed by atoms with E-state index in [-0.39, 0.29) is 5.91 Å². The Labute approximate surface area is 109 Å². The first-order chi connectivity index (χ1) is 8.17. The van der Waals surface area contributed by atoms with Crippen LogP contribution < -0.4 is 0 Å². The van der Waals surface area contributed by atoms with Crippen LogP contribution >= 0.6 is 11.6 Å². The molecule has 0 aromatic heterocycles. The van der Waals surface area contributed by atoms with Crippen molar-refractivity contribution in [1.29, 1.82) is 0 Å². The minimum absolute atomic E-state index is 0.163. The molecule has 2 nitrogen and oxygen atoms in total. The van der Waals surface area contributed by atoms with E-state index in [2.05, 4.69) is 6.92 Å². The first kappa shape index (κ1) is 14.0. The van der Waals surface area contributed by atoms with Crippen molar-refractivity contribution in [2.75, 3.05) is 19.0 Å². The number of alkyl halides is 1. The second-order valence-electron chi connectivity index (χ2n) is 4.23. The van der Waals surface area contributed by atoms with Crippen LogP contribution in [0.1, 0.15) is 24.5 Å². The zero-order valence-corrected chi connectivity index (χ0v) is 11.3. The standard InChI is InChI=1S/C14H20ClNO/c1-3-9-16(10-8-15)14(17)11-13-6-4-12(2)5-7-13/h4-7H,3,8-11H2,1-2H3. The lowest BCUT2D eigenvalue weighted by molar-refractivity contribution is -0.130. The Morgan fingerprint density at radius 2 is 1.88 bits per heavy atom. The van der Waals surface area contributed by atoms with E-state index in [9.17, 15) is 4.79 Å². The Morgan fingerprint density at radius 3 is 2.41 bits per heavy atom. The molecule has 0 heterocycles. The molecule has 1 amide bonds. The van der Waals surface area contributed by atoms with E-state index in [4.69, 9.17) is 11.6 Å². The highest BCUT2D eigenvalue weighted by molar-refractivity contribution is 6.18. The fourth-order valence-electron chi connectivity index (χ4n) is 1.73. The van der Waals surface area contributed by atoms with E-state index in [0.717, 1.165) is 18.5 Å². The number of amides is 1. The maximum Gasteiger partial charge on any atom is 0.227 e. The smallest absolute Gasteiger partial charge is 0.227 e. The van der Waals surface area contributed by atoms with Gasteiger partial charge in [-0.3, -0.25) is 4.79 Å². The average molecular weight is 254 g/mol. The number of hydrogen-bond donors (Lipinski definition) is 0. The summed E-state index contributed by atoms with van der Waals surface area (Å²) in [6, 6.07) is 8.10. The molecule has 0 unspecified atom stereocenters. The number of carbonyl (C=O) groups is 1. The van der Waals surface area contributed by atoms with Crippen molar-refractivity contribution in [3.05, 3.63) is 35.4 Å². The molecule has 0 aliphatic heterocycles. The molecule has 0 saturated heterocycles. The van der Waals surface area contributed by atoms with Gasteiger partial charge < -0.3 is 4.90 Å². The van der Waals surface area contributed by atoms with Crippen LogP contribution in [-0.4, -0.2) is 29.8 Å². The molecule has 1 aromatic rings. The Kier molecular flexibility index (Phi) is 6.06. The van der Waals surface area contributed by atoms with Gasteiger partial charge in [0.1, 0.15) is 0 Å². The molecule has 94 valence electrons. The van der Waals surface area contributed by atoms with Gasteiger partial charge in [-0.1, -0.05) is 36.8 Å². The number of hydrogen-bond acceptors (Lipinski definition) is 1. The van der Waals surface area contributed by atoms with Crippen LogP contribution in [-0.2, 0) is 11.2 Å². The van der Waals surface area contributed by atoms with Crippen LogP contribution in [0.5, 0.6) is 0 Å². The minimum Gasteiger partial charge on any atom is -0.341 e. The highest BCUT2D eigenvalue weighted by Gasteiger charge is 2.12. The quantitative estimate of drug-likeness (QED) is 0.714. The molecule has 0 N–H and O–H groups in total. The zero-order valence-electron chi connectivity index (χ0n) is 10.6. The van der Waals surface area contributed by atoms with Crippen LogP contribution in [0.3, 0.4) is 0 Å². The molecule has 0 atom stereocenters. The largest absolute Gasteiger partial charge is 0.341 e. The van der Waals surface area contributed by atoms with E-state index >= 15 is 0 Å². The molecule has 0 radical (unpaired) electrons. The van der Waals surface area contributed by atoms with Crippen LogP contribution in [0.4, 0.5) is 0 Å². The Bertz CT molecular complexity index is 342. The number of halogens is 1. The lowest BCUT2D eigenvalue weighted by atomic mass is 10.1. The Morgan fingerprint density at radius 1 is 1.24 bits per heavy atom. The summed E-state index contributed by atoms with van der Waals surface area (Å²) in [5, 5.41) is 0. The molecular formula is C14H20ClNO. The first-order valence-corrected chi connectivity index (χ1v) is 6.60. The molecule has 3 heteroatoms. The lowest BCUT2D eigenvalue weighted by Gasteiger charge is -2.21. The molecule has 1 aromatic carbocycles. The second-order valence-corrected chi connectivity index (χ2v) is 4.61. The fraction of sp³-hybridized carbons (Fsp3) is 0.500. The van der Waals surface area contributed by atoms with Gasteiger partial charge in [-0.15, -0.1) is 11.6 Å². The molecule has 0 bridgehead atoms. The molecule has 0 aliphatic rings. The van der Waals surface area contributed by atoms with E-state index in [1.165, 1.54) is 5.56 Å². The summed E-state index contributed by atoms with van der Waals surface area (Å²) in [5.41, 5.74) is 2.28. The van der Waals surface area contributed by atoms with Gasteiger partial charge in [-0.2, -0.15) is 0 Å². The average Bonchev–Trinajstić information content (AvgIpc) is 2.32. The van der Waals surface area contributed by atoms with Crippen LogP contribution in [0.2, 0.25) is 0 Å². The number of rotatable bonds is 6. The van der Waals surface area contributed by atoms with E-state index < -0.39 is 0 Å². The number of aryl methyl sites for hydroxylation is 1. The van der Waals surface area contributed by atoms with Crippen molar-refractivity contribution in [2.24, 2.45) is 0 Å². The summed E-state index contributed by atoms with van der Waals surface area (Å²) in [6.07, 6.45) is 1.44. The molecule has 1 rings (SSSR count). The third kappa shape index (κ3) is 4.78. The number of carbonyl (C=O) groups excluding carboxylic acids is 1. The summed E-state index contributed by atoms with van der Waals surface area (Å²) < 4.78 is 0. The fourth-order valence-corrected chi connectivity index (χ4v) is 1.93. The van der Waals surface area contributed by atoms with Gasteiger partial charge in [-0.25, -0.2) is 0 Å². The van der Waals surface area contributed by atoms with Crippen LogP contribution in [0.25, 0.3) is 0 Å². The van der Waals surface area contributed by atoms with Gasteiger partial charge in [0, 0.05) is 19.0 Å². The van der Waals surface area contributed by atoms with Gasteiger partial charge in [0.25, 0.3) is 0 Å². The summed E-state index contributed by atoms with van der Waals surface area (Å²) in [7, 11) is 0. The molecule has 0 spiro atoms. The van der Waals surface area contributed by atoms with Crippen molar-refractivity contribution in [3.63, 3.8) is 0 Å². The van der Waals surface area contributed by atoms with Gasteiger partial charge >= 0.3 is 0 Å². The van der Waals surface area contributed by atoms with Crippen molar-refractivity contribution in [3.8, 4) is 0 Å². The molecule has 0 aliphatic carbocycles. The van der Waals surface area contributed by atoms with E-state index in [0.29, 0.717) is 18.8 Å². The highest BCUT2D eigenvalue weighted by Crippen LogP contribution is 2.06. The summed E-state index contributed by atoms with van der Waals surface area (Å²) in [4.78, 5) is 13.9. The van der Waals surface area contributed by atoms with Gasteiger partial charge in [0.15, 0.2) is 0 Å². The van der Waals surface area contributed by atoms with Crippen LogP contribution in [0, 0.1) is 6.92 Å². The molecular weight excluding hydrogens is 234 g/mol. The monoisotopic (exact) mass is 253 g/mol. The van der Waals surface area contributed by atoms with Gasteiger partial charge in [0.2, 0.25) is 5.91 Å².